The normalized spacial score (nSPS) is 10.1. The third kappa shape index (κ3) is 6.60. The number of nitrogens with zero attached hydrogens (tertiary/aromatic N) is 1. The molecule has 92 valence electrons. The van der Waals surface area contributed by atoms with Gasteiger partial charge in [-0.2, -0.15) is 5.26 Å². The Kier molecular flexibility index (Phi) is 6.85. The maximum absolute atomic E-state index is 9.13. The van der Waals surface area contributed by atoms with E-state index in [0.29, 0.717) is 12.2 Å². The highest BCUT2D eigenvalue weighted by molar-refractivity contribution is 5.25. The first-order valence-corrected chi connectivity index (χ1v) is 6.18. The van der Waals surface area contributed by atoms with Crippen molar-refractivity contribution in [2.75, 3.05) is 6.54 Å². The molecule has 17 heavy (non-hydrogen) atoms. The van der Waals surface area contributed by atoms with Gasteiger partial charge in [0.25, 0.3) is 0 Å². The lowest BCUT2D eigenvalue weighted by Crippen LogP contribution is -2.14. The maximum Gasteiger partial charge on any atom is 0.115 e. The molecule has 1 aromatic carbocycles. The number of nitriles is 1. The standard InChI is InChI=1S/C14H20N2O/c15-10-4-2-1-3-5-11-16-12-13-6-8-14(17)9-7-13/h6-9,16-17H,1-5,11-12H2. The topological polar surface area (TPSA) is 56.0 Å². The van der Waals surface area contributed by atoms with E-state index in [9.17, 15) is 0 Å². The molecule has 0 aromatic heterocycles. The molecule has 0 heterocycles. The molecule has 0 spiro atoms. The fraction of sp³-hybridized carbons (Fsp3) is 0.500. The molecule has 0 bridgehead atoms. The van der Waals surface area contributed by atoms with Gasteiger partial charge in [0.2, 0.25) is 0 Å². The van der Waals surface area contributed by atoms with Gasteiger partial charge >= 0.3 is 0 Å². The molecular formula is C14H20N2O. The van der Waals surface area contributed by atoms with Crippen molar-refractivity contribution in [3.63, 3.8) is 0 Å². The molecule has 0 fully saturated rings. The van der Waals surface area contributed by atoms with Gasteiger partial charge in [0.05, 0.1) is 6.07 Å². The Labute approximate surface area is 103 Å². The van der Waals surface area contributed by atoms with Gasteiger partial charge in [0.15, 0.2) is 0 Å². The van der Waals surface area contributed by atoms with Crippen molar-refractivity contribution in [2.24, 2.45) is 0 Å². The lowest BCUT2D eigenvalue weighted by molar-refractivity contribution is 0.475. The third-order valence-corrected chi connectivity index (χ3v) is 2.66. The summed E-state index contributed by atoms with van der Waals surface area (Å²) in [4.78, 5) is 0. The van der Waals surface area contributed by atoms with E-state index < -0.39 is 0 Å². The van der Waals surface area contributed by atoms with E-state index in [4.69, 9.17) is 10.4 Å². The smallest absolute Gasteiger partial charge is 0.115 e. The second-order valence-corrected chi connectivity index (χ2v) is 4.17. The predicted octanol–water partition coefficient (Wildman–Crippen LogP) is 2.96. The molecule has 1 rings (SSSR count). The summed E-state index contributed by atoms with van der Waals surface area (Å²) in [6.45, 7) is 1.85. The van der Waals surface area contributed by atoms with Gasteiger partial charge in [0, 0.05) is 13.0 Å². The fourth-order valence-electron chi connectivity index (χ4n) is 1.65. The van der Waals surface area contributed by atoms with Crippen molar-refractivity contribution in [1.29, 1.82) is 5.26 Å². The third-order valence-electron chi connectivity index (χ3n) is 2.66. The molecule has 0 saturated carbocycles. The number of phenolic OH excluding ortho intramolecular Hbond substituents is 1. The van der Waals surface area contributed by atoms with Crippen molar-refractivity contribution in [1.82, 2.24) is 5.32 Å². The van der Waals surface area contributed by atoms with Crippen LogP contribution in [0.3, 0.4) is 0 Å². The molecule has 0 amide bonds. The van der Waals surface area contributed by atoms with Crippen LogP contribution in [0.5, 0.6) is 5.75 Å². The highest BCUT2D eigenvalue weighted by Crippen LogP contribution is 2.09. The van der Waals surface area contributed by atoms with E-state index >= 15 is 0 Å². The lowest BCUT2D eigenvalue weighted by Gasteiger charge is -2.04. The summed E-state index contributed by atoms with van der Waals surface area (Å²) in [5.74, 6) is 0.311. The molecule has 1 aromatic rings. The molecule has 0 saturated heterocycles. The second-order valence-electron chi connectivity index (χ2n) is 4.17. The minimum Gasteiger partial charge on any atom is -0.508 e. The van der Waals surface area contributed by atoms with Crippen molar-refractivity contribution < 1.29 is 5.11 Å². The maximum atomic E-state index is 9.13. The van der Waals surface area contributed by atoms with Crippen LogP contribution in [0.4, 0.5) is 0 Å². The quantitative estimate of drug-likeness (QED) is 0.677. The van der Waals surface area contributed by atoms with Crippen LogP contribution in [0.25, 0.3) is 0 Å². The summed E-state index contributed by atoms with van der Waals surface area (Å²) in [5, 5.41) is 20.9. The van der Waals surface area contributed by atoms with E-state index in [0.717, 1.165) is 32.4 Å². The van der Waals surface area contributed by atoms with Crippen molar-refractivity contribution in [3.8, 4) is 11.8 Å². The van der Waals surface area contributed by atoms with E-state index in [1.54, 1.807) is 12.1 Å². The van der Waals surface area contributed by atoms with Crippen molar-refractivity contribution in [3.05, 3.63) is 29.8 Å². The highest BCUT2D eigenvalue weighted by atomic mass is 16.3. The number of hydrogen-bond acceptors (Lipinski definition) is 3. The van der Waals surface area contributed by atoms with E-state index in [1.165, 1.54) is 12.0 Å². The number of unbranched alkanes of at least 4 members (excludes halogenated alkanes) is 4. The van der Waals surface area contributed by atoms with Crippen LogP contribution >= 0.6 is 0 Å². The zero-order valence-electron chi connectivity index (χ0n) is 10.2. The van der Waals surface area contributed by atoms with E-state index in [2.05, 4.69) is 11.4 Å². The van der Waals surface area contributed by atoms with Crippen LogP contribution in [-0.4, -0.2) is 11.7 Å². The summed E-state index contributed by atoms with van der Waals surface area (Å²) < 4.78 is 0. The Morgan fingerprint density at radius 1 is 1.06 bits per heavy atom. The van der Waals surface area contributed by atoms with E-state index in [-0.39, 0.29) is 0 Å². The monoisotopic (exact) mass is 232 g/mol. The number of phenols is 1. The zero-order chi connectivity index (χ0) is 12.3. The summed E-state index contributed by atoms with van der Waals surface area (Å²) >= 11 is 0. The SMILES string of the molecule is N#CCCCCCCNCc1ccc(O)cc1. The average molecular weight is 232 g/mol. The predicted molar refractivity (Wildman–Crippen MR) is 68.5 cm³/mol. The van der Waals surface area contributed by atoms with Crippen LogP contribution < -0.4 is 5.32 Å². The van der Waals surface area contributed by atoms with Crippen molar-refractivity contribution >= 4 is 0 Å². The van der Waals surface area contributed by atoms with Gasteiger partial charge in [-0.05, 0) is 37.1 Å². The van der Waals surface area contributed by atoms with Gasteiger partial charge in [0.1, 0.15) is 5.75 Å². The Morgan fingerprint density at radius 2 is 1.76 bits per heavy atom. The largest absolute Gasteiger partial charge is 0.508 e. The first kappa shape index (κ1) is 13.5. The Bertz CT molecular complexity index is 340. The fourth-order valence-corrected chi connectivity index (χ4v) is 1.65. The minimum absolute atomic E-state index is 0.311. The van der Waals surface area contributed by atoms with Gasteiger partial charge in [-0.25, -0.2) is 0 Å². The minimum atomic E-state index is 0.311. The zero-order valence-corrected chi connectivity index (χ0v) is 10.2. The Hall–Kier alpha value is -1.53. The highest BCUT2D eigenvalue weighted by Gasteiger charge is 1.93. The number of hydrogen-bond donors (Lipinski definition) is 2. The molecular weight excluding hydrogens is 212 g/mol. The number of rotatable bonds is 8. The summed E-state index contributed by atoms with van der Waals surface area (Å²) in [6, 6.07) is 9.43. The van der Waals surface area contributed by atoms with Gasteiger partial charge in [-0.3, -0.25) is 0 Å². The van der Waals surface area contributed by atoms with Crippen LogP contribution in [0.1, 0.15) is 37.7 Å². The van der Waals surface area contributed by atoms with Crippen LogP contribution in [0, 0.1) is 11.3 Å². The van der Waals surface area contributed by atoms with Gasteiger partial charge < -0.3 is 10.4 Å². The molecule has 0 radical (unpaired) electrons. The number of aromatic hydroxyl groups is 1. The Morgan fingerprint density at radius 3 is 2.47 bits per heavy atom. The van der Waals surface area contributed by atoms with Crippen LogP contribution in [-0.2, 0) is 6.54 Å². The molecule has 3 nitrogen and oxygen atoms in total. The summed E-state index contributed by atoms with van der Waals surface area (Å²) in [6.07, 6.45) is 5.19. The molecule has 0 aliphatic rings. The lowest BCUT2D eigenvalue weighted by atomic mass is 10.1. The molecule has 0 aliphatic carbocycles. The van der Waals surface area contributed by atoms with Crippen LogP contribution in [0.2, 0.25) is 0 Å². The first-order chi connectivity index (χ1) is 8.33. The molecule has 0 unspecified atom stereocenters. The van der Waals surface area contributed by atoms with E-state index in [1.807, 2.05) is 12.1 Å². The van der Waals surface area contributed by atoms with Crippen LogP contribution in [0.15, 0.2) is 24.3 Å². The molecule has 0 atom stereocenters. The Balaban J connectivity index is 1.97. The second kappa shape index (κ2) is 8.60. The van der Waals surface area contributed by atoms with Crippen molar-refractivity contribution in [2.45, 2.75) is 38.6 Å². The number of nitrogens with one attached hydrogen (secondary N) is 1. The number of benzene rings is 1. The summed E-state index contributed by atoms with van der Waals surface area (Å²) in [5.41, 5.74) is 1.19. The summed E-state index contributed by atoms with van der Waals surface area (Å²) in [7, 11) is 0. The average Bonchev–Trinajstić information content (AvgIpc) is 2.35. The molecule has 3 heteroatoms. The first-order valence-electron chi connectivity index (χ1n) is 6.18. The van der Waals surface area contributed by atoms with Gasteiger partial charge in [-0.15, -0.1) is 0 Å². The van der Waals surface area contributed by atoms with Gasteiger partial charge in [-0.1, -0.05) is 25.0 Å². The molecule has 0 aliphatic heterocycles. The molecule has 2 N–H and O–H groups in total.